The summed E-state index contributed by atoms with van der Waals surface area (Å²) < 4.78 is 23.8. The summed E-state index contributed by atoms with van der Waals surface area (Å²) in [4.78, 5) is 26.5. The summed E-state index contributed by atoms with van der Waals surface area (Å²) in [6.07, 6.45) is 0.467. The Balaban J connectivity index is 1.63. The number of anilines is 2. The highest BCUT2D eigenvalue weighted by Crippen LogP contribution is 2.30. The van der Waals surface area contributed by atoms with Crippen LogP contribution in [-0.4, -0.2) is 38.7 Å². The molecule has 0 aromatic heterocycles. The SMILES string of the molecule is COc1ccc(NC(=O)N[C@@H]2CCN(c3ccc(F)c(C)c3)C2=O)cc1OC. The number of carbonyl (C=O) groups excluding carboxylic acids is 2. The summed E-state index contributed by atoms with van der Waals surface area (Å²) in [5.74, 6) is 0.479. The van der Waals surface area contributed by atoms with E-state index >= 15 is 0 Å². The maximum atomic E-state index is 13.5. The third-order valence-corrected chi connectivity index (χ3v) is 4.61. The van der Waals surface area contributed by atoms with Gasteiger partial charge in [0.1, 0.15) is 11.9 Å². The Morgan fingerprint density at radius 1 is 1.14 bits per heavy atom. The number of nitrogens with one attached hydrogen (secondary N) is 2. The molecule has 2 aromatic carbocycles. The molecule has 2 N–H and O–H groups in total. The van der Waals surface area contributed by atoms with Crippen molar-refractivity contribution >= 4 is 23.3 Å². The quantitative estimate of drug-likeness (QED) is 0.826. The van der Waals surface area contributed by atoms with Gasteiger partial charge in [0, 0.05) is 24.0 Å². The van der Waals surface area contributed by atoms with Gasteiger partial charge in [-0.25, -0.2) is 9.18 Å². The van der Waals surface area contributed by atoms with Crippen LogP contribution in [0.4, 0.5) is 20.6 Å². The monoisotopic (exact) mass is 387 g/mol. The van der Waals surface area contributed by atoms with E-state index in [4.69, 9.17) is 9.47 Å². The predicted octanol–water partition coefficient (Wildman–Crippen LogP) is 3.08. The molecule has 28 heavy (non-hydrogen) atoms. The fraction of sp³-hybridized carbons (Fsp3) is 0.300. The Morgan fingerprint density at radius 2 is 1.89 bits per heavy atom. The Kier molecular flexibility index (Phi) is 5.67. The second kappa shape index (κ2) is 8.16. The average Bonchev–Trinajstić information content (AvgIpc) is 3.04. The Morgan fingerprint density at radius 3 is 2.57 bits per heavy atom. The first-order valence-corrected chi connectivity index (χ1v) is 8.80. The topological polar surface area (TPSA) is 79.9 Å². The molecular weight excluding hydrogens is 365 g/mol. The van der Waals surface area contributed by atoms with E-state index < -0.39 is 12.1 Å². The van der Waals surface area contributed by atoms with E-state index in [0.29, 0.717) is 41.4 Å². The largest absolute Gasteiger partial charge is 0.493 e. The Bertz CT molecular complexity index is 903. The van der Waals surface area contributed by atoms with Crippen LogP contribution in [0, 0.1) is 12.7 Å². The van der Waals surface area contributed by atoms with Crippen molar-refractivity contribution in [1.29, 1.82) is 0 Å². The molecule has 148 valence electrons. The van der Waals surface area contributed by atoms with Crippen molar-refractivity contribution in [2.45, 2.75) is 19.4 Å². The van der Waals surface area contributed by atoms with Crippen molar-refractivity contribution in [3.63, 3.8) is 0 Å². The molecule has 0 unspecified atom stereocenters. The molecule has 3 amide bonds. The number of methoxy groups -OCH3 is 2. The van der Waals surface area contributed by atoms with E-state index in [-0.39, 0.29) is 11.7 Å². The van der Waals surface area contributed by atoms with Crippen molar-refractivity contribution in [2.24, 2.45) is 0 Å². The van der Waals surface area contributed by atoms with Crippen LogP contribution >= 0.6 is 0 Å². The highest BCUT2D eigenvalue weighted by molar-refractivity contribution is 6.02. The van der Waals surface area contributed by atoms with E-state index in [1.54, 1.807) is 42.2 Å². The number of rotatable bonds is 5. The molecule has 1 atom stereocenters. The Labute approximate surface area is 162 Å². The van der Waals surface area contributed by atoms with Gasteiger partial charge in [-0.15, -0.1) is 0 Å². The van der Waals surface area contributed by atoms with Gasteiger partial charge in [0.2, 0.25) is 5.91 Å². The number of hydrogen-bond donors (Lipinski definition) is 2. The van der Waals surface area contributed by atoms with E-state index in [9.17, 15) is 14.0 Å². The lowest BCUT2D eigenvalue weighted by Gasteiger charge is -2.18. The zero-order chi connectivity index (χ0) is 20.3. The van der Waals surface area contributed by atoms with E-state index in [1.165, 1.54) is 20.3 Å². The number of aryl methyl sites for hydroxylation is 1. The van der Waals surface area contributed by atoms with Crippen LogP contribution in [0.1, 0.15) is 12.0 Å². The second-order valence-corrected chi connectivity index (χ2v) is 6.43. The summed E-state index contributed by atoms with van der Waals surface area (Å²) >= 11 is 0. The van der Waals surface area contributed by atoms with Gasteiger partial charge in [0.15, 0.2) is 11.5 Å². The lowest BCUT2D eigenvalue weighted by Crippen LogP contribution is -2.43. The fourth-order valence-electron chi connectivity index (χ4n) is 3.11. The summed E-state index contributed by atoms with van der Waals surface area (Å²) in [5.41, 5.74) is 1.59. The minimum absolute atomic E-state index is 0.228. The molecule has 0 bridgehead atoms. The average molecular weight is 387 g/mol. The zero-order valence-corrected chi connectivity index (χ0v) is 15.9. The van der Waals surface area contributed by atoms with Crippen LogP contribution in [0.15, 0.2) is 36.4 Å². The van der Waals surface area contributed by atoms with Crippen LogP contribution in [0.25, 0.3) is 0 Å². The van der Waals surface area contributed by atoms with Gasteiger partial charge in [-0.3, -0.25) is 4.79 Å². The molecule has 1 heterocycles. The minimum atomic E-state index is -0.648. The van der Waals surface area contributed by atoms with Gasteiger partial charge < -0.3 is 25.0 Å². The summed E-state index contributed by atoms with van der Waals surface area (Å²) in [5, 5.41) is 5.36. The Hall–Kier alpha value is -3.29. The first kappa shape index (κ1) is 19.5. The van der Waals surface area contributed by atoms with Crippen molar-refractivity contribution in [3.05, 3.63) is 47.8 Å². The first-order valence-electron chi connectivity index (χ1n) is 8.80. The minimum Gasteiger partial charge on any atom is -0.493 e. The number of benzene rings is 2. The van der Waals surface area contributed by atoms with Crippen LogP contribution in [0.2, 0.25) is 0 Å². The summed E-state index contributed by atoms with van der Waals surface area (Å²) in [7, 11) is 3.03. The summed E-state index contributed by atoms with van der Waals surface area (Å²) in [6, 6.07) is 8.35. The molecular formula is C20H22FN3O4. The summed E-state index contributed by atoms with van der Waals surface area (Å²) in [6.45, 7) is 2.09. The number of halogens is 1. The molecule has 7 nitrogen and oxygen atoms in total. The van der Waals surface area contributed by atoms with Crippen molar-refractivity contribution in [3.8, 4) is 11.5 Å². The van der Waals surface area contributed by atoms with Crippen LogP contribution in [0.5, 0.6) is 11.5 Å². The molecule has 8 heteroatoms. The molecule has 0 radical (unpaired) electrons. The van der Waals surface area contributed by atoms with Crippen LogP contribution < -0.4 is 25.0 Å². The number of hydrogen-bond acceptors (Lipinski definition) is 4. The number of ether oxygens (including phenoxy) is 2. The van der Waals surface area contributed by atoms with Gasteiger partial charge in [-0.05, 0) is 49.2 Å². The van der Waals surface area contributed by atoms with Gasteiger partial charge in [0.25, 0.3) is 0 Å². The van der Waals surface area contributed by atoms with Crippen molar-refractivity contribution in [1.82, 2.24) is 5.32 Å². The molecule has 0 spiro atoms. The smallest absolute Gasteiger partial charge is 0.319 e. The van der Waals surface area contributed by atoms with Gasteiger partial charge in [-0.1, -0.05) is 0 Å². The first-order chi connectivity index (χ1) is 13.4. The molecule has 3 rings (SSSR count). The maximum absolute atomic E-state index is 13.5. The van der Waals surface area contributed by atoms with Gasteiger partial charge >= 0.3 is 6.03 Å². The number of carbonyl (C=O) groups is 2. The maximum Gasteiger partial charge on any atom is 0.319 e. The third kappa shape index (κ3) is 4.00. The molecule has 1 fully saturated rings. The van der Waals surface area contributed by atoms with Crippen molar-refractivity contribution < 1.29 is 23.5 Å². The lowest BCUT2D eigenvalue weighted by molar-refractivity contribution is -0.118. The predicted molar refractivity (Wildman–Crippen MR) is 104 cm³/mol. The molecule has 0 saturated carbocycles. The van der Waals surface area contributed by atoms with E-state index in [1.807, 2.05) is 0 Å². The second-order valence-electron chi connectivity index (χ2n) is 6.43. The molecule has 1 aliphatic heterocycles. The van der Waals surface area contributed by atoms with Gasteiger partial charge in [0.05, 0.1) is 14.2 Å². The molecule has 1 aliphatic rings. The standard InChI is InChI=1S/C20H22FN3O4/c1-12-10-14(5-6-15(12)21)24-9-8-16(19(24)25)23-20(26)22-13-4-7-17(27-2)18(11-13)28-3/h4-7,10-11,16H,8-9H2,1-3H3,(H2,22,23,26)/t16-/m1/s1. The van der Waals surface area contributed by atoms with Crippen LogP contribution in [0.3, 0.4) is 0 Å². The number of urea groups is 1. The third-order valence-electron chi connectivity index (χ3n) is 4.61. The highest BCUT2D eigenvalue weighted by atomic mass is 19.1. The molecule has 1 saturated heterocycles. The molecule has 0 aliphatic carbocycles. The lowest BCUT2D eigenvalue weighted by atomic mass is 10.2. The zero-order valence-electron chi connectivity index (χ0n) is 15.9. The number of nitrogens with zero attached hydrogens (tertiary/aromatic N) is 1. The fourth-order valence-corrected chi connectivity index (χ4v) is 3.11. The number of amides is 3. The van der Waals surface area contributed by atoms with Gasteiger partial charge in [-0.2, -0.15) is 0 Å². The normalized spacial score (nSPS) is 16.1. The molecule has 2 aromatic rings. The van der Waals surface area contributed by atoms with E-state index in [2.05, 4.69) is 10.6 Å². The van der Waals surface area contributed by atoms with Crippen molar-refractivity contribution in [2.75, 3.05) is 31.0 Å². The van der Waals surface area contributed by atoms with Crippen LogP contribution in [-0.2, 0) is 4.79 Å². The van der Waals surface area contributed by atoms with E-state index in [0.717, 1.165) is 0 Å². The highest BCUT2D eigenvalue weighted by Gasteiger charge is 2.33.